The zero-order valence-corrected chi connectivity index (χ0v) is 15.3. The Bertz CT molecular complexity index is 865. The van der Waals surface area contributed by atoms with Gasteiger partial charge in [0, 0.05) is 0 Å². The molecule has 0 aliphatic carbocycles. The largest absolute Gasteiger partial charge is 0.478 e. The van der Waals surface area contributed by atoms with E-state index in [-0.39, 0.29) is 21.7 Å². The van der Waals surface area contributed by atoms with Gasteiger partial charge in [-0.15, -0.1) is 0 Å². The molecule has 2 rings (SSSR count). The number of carboxylic acid groups (broad SMARTS) is 1. The van der Waals surface area contributed by atoms with Crippen molar-refractivity contribution in [3.63, 3.8) is 0 Å². The summed E-state index contributed by atoms with van der Waals surface area (Å²) in [6.45, 7) is 3.11. The molecule has 2 aromatic carbocycles. The standard InChI is InChI=1S/C20H17ClF4O2/c1-3-13-9-12(4-6-15(13)19(26)27)5-7-16(20(23,24)25)14-8-11(2)18(22)17(21)10-14/h4-10,16H,3H2,1-2H3,(H,26,27)/b7-5+. The number of rotatable bonds is 5. The molecule has 1 unspecified atom stereocenters. The van der Waals surface area contributed by atoms with E-state index >= 15 is 0 Å². The Labute approximate surface area is 159 Å². The summed E-state index contributed by atoms with van der Waals surface area (Å²) in [6, 6.07) is 6.43. The Balaban J connectivity index is 2.45. The average molecular weight is 401 g/mol. The summed E-state index contributed by atoms with van der Waals surface area (Å²) in [4.78, 5) is 11.2. The van der Waals surface area contributed by atoms with Crippen LogP contribution < -0.4 is 0 Å². The van der Waals surface area contributed by atoms with Crippen LogP contribution in [0.3, 0.4) is 0 Å². The van der Waals surface area contributed by atoms with Crippen molar-refractivity contribution in [3.8, 4) is 0 Å². The summed E-state index contributed by atoms with van der Waals surface area (Å²) in [5, 5.41) is 8.76. The van der Waals surface area contributed by atoms with Gasteiger partial charge in [-0.05, 0) is 47.7 Å². The van der Waals surface area contributed by atoms with Crippen LogP contribution in [0.15, 0.2) is 36.4 Å². The van der Waals surface area contributed by atoms with Crippen molar-refractivity contribution in [1.82, 2.24) is 0 Å². The topological polar surface area (TPSA) is 37.3 Å². The fraction of sp³-hybridized carbons (Fsp3) is 0.250. The van der Waals surface area contributed by atoms with Crippen LogP contribution in [-0.2, 0) is 6.42 Å². The van der Waals surface area contributed by atoms with Crippen LogP contribution >= 0.6 is 11.6 Å². The van der Waals surface area contributed by atoms with Crippen LogP contribution in [0.25, 0.3) is 6.08 Å². The minimum absolute atomic E-state index is 0.0271. The smallest absolute Gasteiger partial charge is 0.399 e. The molecule has 0 aromatic heterocycles. The van der Waals surface area contributed by atoms with E-state index in [0.717, 1.165) is 18.2 Å². The number of halogens is 5. The van der Waals surface area contributed by atoms with Crippen molar-refractivity contribution in [2.75, 3.05) is 0 Å². The van der Waals surface area contributed by atoms with Crippen molar-refractivity contribution in [2.45, 2.75) is 32.4 Å². The minimum atomic E-state index is -4.60. The lowest BCUT2D eigenvalue weighted by Crippen LogP contribution is -2.19. The molecule has 0 saturated carbocycles. The molecule has 2 aromatic rings. The second-order valence-corrected chi connectivity index (χ2v) is 6.49. The molecule has 0 amide bonds. The van der Waals surface area contributed by atoms with Crippen molar-refractivity contribution < 1.29 is 27.5 Å². The first-order chi connectivity index (χ1) is 12.5. The first-order valence-corrected chi connectivity index (χ1v) is 8.49. The Morgan fingerprint density at radius 3 is 2.44 bits per heavy atom. The summed E-state index contributed by atoms with van der Waals surface area (Å²) in [6.07, 6.45) is -1.94. The van der Waals surface area contributed by atoms with Gasteiger partial charge >= 0.3 is 12.1 Å². The third kappa shape index (κ3) is 4.89. The molecule has 0 fully saturated rings. The fourth-order valence-electron chi connectivity index (χ4n) is 2.77. The summed E-state index contributed by atoms with van der Waals surface area (Å²) in [5.41, 5.74) is 0.938. The van der Waals surface area contributed by atoms with E-state index in [9.17, 15) is 22.4 Å². The molecule has 144 valence electrons. The highest BCUT2D eigenvalue weighted by molar-refractivity contribution is 6.30. The van der Waals surface area contributed by atoms with E-state index in [4.69, 9.17) is 16.7 Å². The Kier molecular flexibility index (Phi) is 6.31. The molecule has 0 aliphatic rings. The molecular weight excluding hydrogens is 384 g/mol. The van der Waals surface area contributed by atoms with Crippen LogP contribution in [0.4, 0.5) is 17.6 Å². The lowest BCUT2D eigenvalue weighted by atomic mass is 9.94. The number of benzene rings is 2. The van der Waals surface area contributed by atoms with Gasteiger partial charge in [0.25, 0.3) is 0 Å². The van der Waals surface area contributed by atoms with Crippen LogP contribution in [0.1, 0.15) is 45.5 Å². The van der Waals surface area contributed by atoms with Gasteiger partial charge in [0.1, 0.15) is 5.82 Å². The SMILES string of the molecule is CCc1cc(/C=C/C(c2cc(C)c(F)c(Cl)c2)C(F)(F)F)ccc1C(=O)O. The van der Waals surface area contributed by atoms with Gasteiger partial charge in [-0.1, -0.05) is 48.9 Å². The highest BCUT2D eigenvalue weighted by Gasteiger charge is 2.39. The molecule has 0 spiro atoms. The van der Waals surface area contributed by atoms with Crippen molar-refractivity contribution in [2.24, 2.45) is 0 Å². The van der Waals surface area contributed by atoms with Crippen molar-refractivity contribution in [1.29, 1.82) is 0 Å². The lowest BCUT2D eigenvalue weighted by molar-refractivity contribution is -0.139. The van der Waals surface area contributed by atoms with Crippen LogP contribution in [-0.4, -0.2) is 17.3 Å². The molecule has 0 bridgehead atoms. The summed E-state index contributed by atoms with van der Waals surface area (Å²) in [7, 11) is 0. The van der Waals surface area contributed by atoms with Gasteiger partial charge in [0.2, 0.25) is 0 Å². The van der Waals surface area contributed by atoms with Crippen LogP contribution in [0.5, 0.6) is 0 Å². The highest BCUT2D eigenvalue weighted by Crippen LogP contribution is 2.38. The maximum Gasteiger partial charge on any atom is 0.399 e. The number of carbonyl (C=O) groups is 1. The highest BCUT2D eigenvalue weighted by atomic mass is 35.5. The van der Waals surface area contributed by atoms with Gasteiger partial charge in [-0.2, -0.15) is 13.2 Å². The summed E-state index contributed by atoms with van der Waals surface area (Å²) in [5.74, 6) is -3.81. The predicted octanol–water partition coefficient (Wildman–Crippen LogP) is 6.41. The molecule has 0 radical (unpaired) electrons. The van der Waals surface area contributed by atoms with Crippen LogP contribution in [0.2, 0.25) is 5.02 Å². The second-order valence-electron chi connectivity index (χ2n) is 6.09. The maximum atomic E-state index is 13.6. The number of hydrogen-bond acceptors (Lipinski definition) is 1. The molecule has 27 heavy (non-hydrogen) atoms. The minimum Gasteiger partial charge on any atom is -0.478 e. The Hall–Kier alpha value is -2.34. The maximum absolute atomic E-state index is 13.6. The van der Waals surface area contributed by atoms with Crippen molar-refractivity contribution in [3.05, 3.63) is 75.1 Å². The van der Waals surface area contributed by atoms with Crippen molar-refractivity contribution >= 4 is 23.6 Å². The third-order valence-electron chi connectivity index (χ3n) is 4.17. The monoisotopic (exact) mass is 400 g/mol. The quantitative estimate of drug-likeness (QED) is 0.589. The molecular formula is C20H17ClF4O2. The van der Waals surface area contributed by atoms with E-state index in [0.29, 0.717) is 17.5 Å². The zero-order valence-electron chi connectivity index (χ0n) is 14.6. The molecule has 2 nitrogen and oxygen atoms in total. The fourth-order valence-corrected chi connectivity index (χ4v) is 3.04. The van der Waals surface area contributed by atoms with Gasteiger partial charge in [0.05, 0.1) is 16.5 Å². The Morgan fingerprint density at radius 1 is 1.26 bits per heavy atom. The first kappa shape index (κ1) is 21.0. The molecule has 0 saturated heterocycles. The summed E-state index contributed by atoms with van der Waals surface area (Å²) >= 11 is 5.70. The van der Waals surface area contributed by atoms with E-state index in [1.807, 2.05) is 0 Å². The molecule has 0 aliphatic heterocycles. The van der Waals surface area contributed by atoms with Crippen LogP contribution in [0, 0.1) is 12.7 Å². The molecule has 1 atom stereocenters. The van der Waals surface area contributed by atoms with Gasteiger partial charge in [0.15, 0.2) is 0 Å². The number of alkyl halides is 3. The van der Waals surface area contributed by atoms with E-state index in [1.165, 1.54) is 31.2 Å². The van der Waals surface area contributed by atoms with Gasteiger partial charge in [-0.3, -0.25) is 0 Å². The number of hydrogen-bond donors (Lipinski definition) is 1. The number of aryl methyl sites for hydroxylation is 2. The van der Waals surface area contributed by atoms with Gasteiger partial charge in [-0.25, -0.2) is 9.18 Å². The van der Waals surface area contributed by atoms with Gasteiger partial charge < -0.3 is 5.11 Å². The molecule has 1 N–H and O–H groups in total. The average Bonchev–Trinajstić information content (AvgIpc) is 2.58. The molecule has 0 heterocycles. The number of aromatic carboxylic acids is 1. The first-order valence-electron chi connectivity index (χ1n) is 8.11. The number of allylic oxidation sites excluding steroid dienone is 1. The van der Waals surface area contributed by atoms with E-state index in [1.54, 1.807) is 6.92 Å². The van der Waals surface area contributed by atoms with E-state index < -0.39 is 23.9 Å². The lowest BCUT2D eigenvalue weighted by Gasteiger charge is -2.18. The zero-order chi connectivity index (χ0) is 20.4. The Morgan fingerprint density at radius 2 is 1.93 bits per heavy atom. The predicted molar refractivity (Wildman–Crippen MR) is 96.8 cm³/mol. The number of carboxylic acids is 1. The third-order valence-corrected chi connectivity index (χ3v) is 4.44. The second kappa shape index (κ2) is 8.13. The van der Waals surface area contributed by atoms with E-state index in [2.05, 4.69) is 0 Å². The molecule has 7 heteroatoms. The summed E-state index contributed by atoms with van der Waals surface area (Å²) < 4.78 is 54.2. The normalized spacial score (nSPS) is 13.1.